The quantitative estimate of drug-likeness (QED) is 0.696. The topological polar surface area (TPSA) is 30.3 Å². The van der Waals surface area contributed by atoms with Crippen LogP contribution in [0.1, 0.15) is 32.1 Å². The maximum Gasteiger partial charge on any atom is 0.0536 e. The number of aromatic nitrogens is 2. The molecule has 0 N–H and O–H groups in total. The Hall–Kier alpha value is -0.870. The van der Waals surface area contributed by atoms with Gasteiger partial charge in [-0.05, 0) is 38.3 Å². The molecule has 102 valence electrons. The van der Waals surface area contributed by atoms with Crippen LogP contribution >= 0.6 is 0 Å². The highest BCUT2D eigenvalue weighted by Gasteiger charge is 2.21. The molecule has 0 amide bonds. The SMILES string of the molecule is COCCC[C@@H]1CCCCN1CCn1cccn1. The van der Waals surface area contributed by atoms with Crippen LogP contribution in [0.15, 0.2) is 18.5 Å². The van der Waals surface area contributed by atoms with E-state index in [1.807, 2.05) is 23.1 Å². The first-order chi connectivity index (χ1) is 8.90. The van der Waals surface area contributed by atoms with Crippen LogP contribution in [0.4, 0.5) is 0 Å². The predicted octanol–water partition coefficient (Wildman–Crippen LogP) is 2.16. The van der Waals surface area contributed by atoms with Crippen molar-refractivity contribution in [3.8, 4) is 0 Å². The molecule has 1 aromatic rings. The monoisotopic (exact) mass is 251 g/mol. The van der Waals surface area contributed by atoms with Crippen molar-refractivity contribution >= 4 is 0 Å². The number of ether oxygens (including phenoxy) is 1. The summed E-state index contributed by atoms with van der Waals surface area (Å²) in [6.07, 6.45) is 10.4. The minimum Gasteiger partial charge on any atom is -0.385 e. The highest BCUT2D eigenvalue weighted by atomic mass is 16.5. The van der Waals surface area contributed by atoms with Gasteiger partial charge in [0.15, 0.2) is 0 Å². The Bertz CT molecular complexity index is 313. The van der Waals surface area contributed by atoms with Crippen LogP contribution in [0.25, 0.3) is 0 Å². The Labute approximate surface area is 110 Å². The molecule has 1 fully saturated rings. The molecule has 4 nitrogen and oxygen atoms in total. The van der Waals surface area contributed by atoms with E-state index in [0.29, 0.717) is 0 Å². The lowest BCUT2D eigenvalue weighted by Gasteiger charge is -2.35. The van der Waals surface area contributed by atoms with Crippen molar-refractivity contribution < 1.29 is 4.74 Å². The van der Waals surface area contributed by atoms with Gasteiger partial charge in [-0.3, -0.25) is 9.58 Å². The average Bonchev–Trinajstić information content (AvgIpc) is 2.91. The van der Waals surface area contributed by atoms with Crippen LogP contribution < -0.4 is 0 Å². The Morgan fingerprint density at radius 3 is 3.06 bits per heavy atom. The predicted molar refractivity (Wildman–Crippen MR) is 72.5 cm³/mol. The standard InChI is InChI=1S/C14H25N3O/c1-18-13-4-7-14-6-2-3-9-16(14)11-12-17-10-5-8-15-17/h5,8,10,14H,2-4,6-7,9,11-13H2,1H3/t14-/m0/s1. The van der Waals surface area contributed by atoms with Gasteiger partial charge in [0.05, 0.1) is 6.54 Å². The Balaban J connectivity index is 1.76. The maximum absolute atomic E-state index is 5.15. The van der Waals surface area contributed by atoms with Crippen LogP contribution in [0.5, 0.6) is 0 Å². The summed E-state index contributed by atoms with van der Waals surface area (Å²) in [5, 5.41) is 4.27. The fourth-order valence-corrected chi connectivity index (χ4v) is 2.81. The molecule has 1 aliphatic heterocycles. The van der Waals surface area contributed by atoms with Gasteiger partial charge < -0.3 is 4.74 Å². The zero-order valence-corrected chi connectivity index (χ0v) is 11.4. The molecule has 1 saturated heterocycles. The van der Waals surface area contributed by atoms with Crippen molar-refractivity contribution in [3.05, 3.63) is 18.5 Å². The lowest BCUT2D eigenvalue weighted by Crippen LogP contribution is -2.41. The first-order valence-corrected chi connectivity index (χ1v) is 7.10. The van der Waals surface area contributed by atoms with Gasteiger partial charge in [-0.1, -0.05) is 6.42 Å². The summed E-state index contributed by atoms with van der Waals surface area (Å²) < 4.78 is 7.18. The van der Waals surface area contributed by atoms with E-state index in [1.165, 1.54) is 38.6 Å². The zero-order chi connectivity index (χ0) is 12.6. The highest BCUT2D eigenvalue weighted by Crippen LogP contribution is 2.20. The van der Waals surface area contributed by atoms with E-state index in [2.05, 4.69) is 10.00 Å². The summed E-state index contributed by atoms with van der Waals surface area (Å²) in [5.41, 5.74) is 0. The maximum atomic E-state index is 5.15. The molecule has 18 heavy (non-hydrogen) atoms. The van der Waals surface area contributed by atoms with Crippen LogP contribution in [-0.4, -0.2) is 47.5 Å². The van der Waals surface area contributed by atoms with Gasteiger partial charge in [0.1, 0.15) is 0 Å². The van der Waals surface area contributed by atoms with Gasteiger partial charge in [0, 0.05) is 38.7 Å². The molecule has 4 heteroatoms. The minimum absolute atomic E-state index is 0.754. The summed E-state index contributed by atoms with van der Waals surface area (Å²) in [6.45, 7) is 4.27. The first-order valence-electron chi connectivity index (χ1n) is 7.10. The molecule has 1 aromatic heterocycles. The third kappa shape index (κ3) is 4.10. The van der Waals surface area contributed by atoms with E-state index in [9.17, 15) is 0 Å². The Morgan fingerprint density at radius 1 is 1.33 bits per heavy atom. The van der Waals surface area contributed by atoms with Crippen LogP contribution in [0.2, 0.25) is 0 Å². The van der Waals surface area contributed by atoms with Crippen LogP contribution in [-0.2, 0) is 11.3 Å². The Morgan fingerprint density at radius 2 is 2.28 bits per heavy atom. The lowest BCUT2D eigenvalue weighted by molar-refractivity contribution is 0.118. The summed E-state index contributed by atoms with van der Waals surface area (Å²) in [5.74, 6) is 0. The summed E-state index contributed by atoms with van der Waals surface area (Å²) in [6, 6.07) is 2.75. The van der Waals surface area contributed by atoms with Crippen molar-refractivity contribution in [3.63, 3.8) is 0 Å². The number of methoxy groups -OCH3 is 1. The second-order valence-corrected chi connectivity index (χ2v) is 5.09. The van der Waals surface area contributed by atoms with Crippen molar-refractivity contribution in [1.82, 2.24) is 14.7 Å². The molecule has 0 unspecified atom stereocenters. The van der Waals surface area contributed by atoms with E-state index in [4.69, 9.17) is 4.74 Å². The molecule has 2 rings (SSSR count). The largest absolute Gasteiger partial charge is 0.385 e. The van der Waals surface area contributed by atoms with Gasteiger partial charge in [0.2, 0.25) is 0 Å². The molecule has 1 aliphatic rings. The molecule has 0 aliphatic carbocycles. The lowest BCUT2D eigenvalue weighted by atomic mass is 9.98. The van der Waals surface area contributed by atoms with E-state index in [1.54, 1.807) is 7.11 Å². The van der Waals surface area contributed by atoms with Gasteiger partial charge in [0.25, 0.3) is 0 Å². The van der Waals surface area contributed by atoms with Crippen LogP contribution in [0, 0.1) is 0 Å². The molecule has 0 radical (unpaired) electrons. The normalized spacial score (nSPS) is 21.3. The van der Waals surface area contributed by atoms with E-state index in [-0.39, 0.29) is 0 Å². The fraction of sp³-hybridized carbons (Fsp3) is 0.786. The molecule has 0 bridgehead atoms. The van der Waals surface area contributed by atoms with Crippen molar-refractivity contribution in [2.75, 3.05) is 26.8 Å². The fourth-order valence-electron chi connectivity index (χ4n) is 2.81. The molecule has 0 saturated carbocycles. The van der Waals surface area contributed by atoms with Crippen molar-refractivity contribution in [2.24, 2.45) is 0 Å². The number of rotatable bonds is 7. The summed E-state index contributed by atoms with van der Waals surface area (Å²) in [7, 11) is 1.79. The second-order valence-electron chi connectivity index (χ2n) is 5.09. The summed E-state index contributed by atoms with van der Waals surface area (Å²) in [4.78, 5) is 2.64. The van der Waals surface area contributed by atoms with E-state index < -0.39 is 0 Å². The van der Waals surface area contributed by atoms with Crippen molar-refractivity contribution in [1.29, 1.82) is 0 Å². The van der Waals surface area contributed by atoms with Crippen molar-refractivity contribution in [2.45, 2.75) is 44.7 Å². The summed E-state index contributed by atoms with van der Waals surface area (Å²) >= 11 is 0. The third-order valence-electron chi connectivity index (χ3n) is 3.81. The van der Waals surface area contributed by atoms with Crippen LogP contribution in [0.3, 0.4) is 0 Å². The van der Waals surface area contributed by atoms with E-state index >= 15 is 0 Å². The van der Waals surface area contributed by atoms with Gasteiger partial charge in [-0.25, -0.2) is 0 Å². The smallest absolute Gasteiger partial charge is 0.0536 e. The number of nitrogens with zero attached hydrogens (tertiary/aromatic N) is 3. The molecule has 1 atom stereocenters. The zero-order valence-electron chi connectivity index (χ0n) is 11.4. The minimum atomic E-state index is 0.754. The molecule has 2 heterocycles. The average molecular weight is 251 g/mol. The molecule has 0 spiro atoms. The third-order valence-corrected chi connectivity index (χ3v) is 3.81. The first kappa shape index (κ1) is 13.6. The van der Waals surface area contributed by atoms with Gasteiger partial charge in [-0.15, -0.1) is 0 Å². The Kier molecular flexibility index (Phi) is 5.68. The number of piperidine rings is 1. The van der Waals surface area contributed by atoms with Gasteiger partial charge >= 0.3 is 0 Å². The molecule has 0 aromatic carbocycles. The number of hydrogen-bond donors (Lipinski definition) is 0. The second kappa shape index (κ2) is 7.54. The highest BCUT2D eigenvalue weighted by molar-refractivity contribution is 4.80. The molecular weight excluding hydrogens is 226 g/mol. The number of likely N-dealkylation sites (tertiary alicyclic amines) is 1. The number of hydrogen-bond acceptors (Lipinski definition) is 3. The van der Waals surface area contributed by atoms with Gasteiger partial charge in [-0.2, -0.15) is 5.10 Å². The molecular formula is C14H25N3O. The van der Waals surface area contributed by atoms with E-state index in [0.717, 1.165) is 25.7 Å².